The molecule has 0 fully saturated rings. The van der Waals surface area contributed by atoms with Crippen molar-refractivity contribution in [2.24, 2.45) is 5.73 Å². The molecular weight excluding hydrogens is 259 g/mol. The average molecular weight is 272 g/mol. The zero-order valence-corrected chi connectivity index (χ0v) is 10.9. The van der Waals surface area contributed by atoms with E-state index in [0.29, 0.717) is 16.5 Å². The minimum absolute atomic E-state index is 0.110. The van der Waals surface area contributed by atoms with Crippen molar-refractivity contribution >= 4 is 16.8 Å². The first-order valence-corrected chi connectivity index (χ1v) is 6.23. The Morgan fingerprint density at radius 2 is 2.30 bits per heavy atom. The van der Waals surface area contributed by atoms with Crippen molar-refractivity contribution in [2.75, 3.05) is 0 Å². The van der Waals surface area contributed by atoms with Crippen LogP contribution in [0.4, 0.5) is 4.39 Å². The van der Waals surface area contributed by atoms with Crippen LogP contribution in [0.25, 0.3) is 22.2 Å². The minimum Gasteiger partial charge on any atom is -0.366 e. The predicted octanol–water partition coefficient (Wildman–Crippen LogP) is 2.29. The third kappa shape index (κ3) is 1.69. The summed E-state index contributed by atoms with van der Waals surface area (Å²) in [5, 5.41) is 0.358. The SMILES string of the molecule is CCn1cncc1-c1c[nH]c2ccc(C(N)=O)c(F)c12. The second kappa shape index (κ2) is 4.48. The van der Waals surface area contributed by atoms with E-state index in [2.05, 4.69) is 9.97 Å². The number of primary amides is 1. The van der Waals surface area contributed by atoms with Gasteiger partial charge in [0.1, 0.15) is 5.82 Å². The topological polar surface area (TPSA) is 76.7 Å². The molecule has 0 saturated carbocycles. The van der Waals surface area contributed by atoms with Crippen molar-refractivity contribution < 1.29 is 9.18 Å². The molecule has 0 aliphatic rings. The average Bonchev–Trinajstić information content (AvgIpc) is 3.04. The molecule has 0 saturated heterocycles. The van der Waals surface area contributed by atoms with Gasteiger partial charge in [0.2, 0.25) is 0 Å². The van der Waals surface area contributed by atoms with Gasteiger partial charge in [-0.05, 0) is 19.1 Å². The van der Waals surface area contributed by atoms with E-state index < -0.39 is 11.7 Å². The van der Waals surface area contributed by atoms with Crippen molar-refractivity contribution in [1.29, 1.82) is 0 Å². The largest absolute Gasteiger partial charge is 0.366 e. The number of fused-ring (bicyclic) bond motifs is 1. The van der Waals surface area contributed by atoms with Crippen LogP contribution in [-0.2, 0) is 6.54 Å². The Labute approximate surface area is 114 Å². The fourth-order valence-electron chi connectivity index (χ4n) is 2.37. The van der Waals surface area contributed by atoms with Gasteiger partial charge in [-0.15, -0.1) is 0 Å². The lowest BCUT2D eigenvalue weighted by Crippen LogP contribution is -2.13. The summed E-state index contributed by atoms with van der Waals surface area (Å²) in [5.74, 6) is -1.38. The number of nitrogens with two attached hydrogens (primary N) is 1. The summed E-state index contributed by atoms with van der Waals surface area (Å²) in [6.07, 6.45) is 5.06. The molecule has 3 rings (SSSR count). The molecule has 20 heavy (non-hydrogen) atoms. The van der Waals surface area contributed by atoms with Gasteiger partial charge >= 0.3 is 0 Å². The van der Waals surface area contributed by atoms with Crippen LogP contribution >= 0.6 is 0 Å². The number of imidazole rings is 1. The van der Waals surface area contributed by atoms with Gasteiger partial charge < -0.3 is 15.3 Å². The van der Waals surface area contributed by atoms with Gasteiger partial charge in [0.25, 0.3) is 5.91 Å². The Morgan fingerprint density at radius 3 is 3.00 bits per heavy atom. The van der Waals surface area contributed by atoms with Crippen molar-refractivity contribution in [3.05, 3.63) is 42.2 Å². The Bertz CT molecular complexity index is 803. The number of amides is 1. The number of carbonyl (C=O) groups is 1. The van der Waals surface area contributed by atoms with Crippen LogP contribution in [-0.4, -0.2) is 20.4 Å². The number of halogens is 1. The number of hydrogen-bond donors (Lipinski definition) is 2. The summed E-state index contributed by atoms with van der Waals surface area (Å²) in [5.41, 5.74) is 7.16. The summed E-state index contributed by atoms with van der Waals surface area (Å²) < 4.78 is 16.4. The number of rotatable bonds is 3. The van der Waals surface area contributed by atoms with Crippen molar-refractivity contribution in [1.82, 2.24) is 14.5 Å². The van der Waals surface area contributed by atoms with Crippen LogP contribution in [0.15, 0.2) is 30.9 Å². The molecule has 0 atom stereocenters. The molecular formula is C14H13FN4O. The summed E-state index contributed by atoms with van der Waals surface area (Å²) in [7, 11) is 0. The lowest BCUT2D eigenvalue weighted by atomic mass is 10.1. The van der Waals surface area contributed by atoms with Gasteiger partial charge in [0, 0.05) is 29.2 Å². The zero-order valence-electron chi connectivity index (χ0n) is 10.9. The summed E-state index contributed by atoms with van der Waals surface area (Å²) in [6.45, 7) is 2.70. The maximum Gasteiger partial charge on any atom is 0.251 e. The molecule has 0 aliphatic heterocycles. The first kappa shape index (κ1) is 12.4. The normalized spacial score (nSPS) is 11.1. The highest BCUT2D eigenvalue weighted by Gasteiger charge is 2.18. The summed E-state index contributed by atoms with van der Waals surface area (Å²) in [4.78, 5) is 18.3. The van der Waals surface area contributed by atoms with E-state index in [9.17, 15) is 9.18 Å². The number of nitrogens with one attached hydrogen (secondary N) is 1. The van der Waals surface area contributed by atoms with E-state index in [1.807, 2.05) is 11.5 Å². The van der Waals surface area contributed by atoms with Crippen molar-refractivity contribution in [2.45, 2.75) is 13.5 Å². The number of hydrogen-bond acceptors (Lipinski definition) is 2. The molecule has 1 amide bonds. The molecule has 5 nitrogen and oxygen atoms in total. The van der Waals surface area contributed by atoms with Crippen LogP contribution < -0.4 is 5.73 Å². The van der Waals surface area contributed by atoms with E-state index in [0.717, 1.165) is 12.2 Å². The van der Waals surface area contributed by atoms with Gasteiger partial charge in [-0.3, -0.25) is 4.79 Å². The Morgan fingerprint density at radius 1 is 1.50 bits per heavy atom. The van der Waals surface area contributed by atoms with E-state index in [-0.39, 0.29) is 5.56 Å². The molecule has 102 valence electrons. The van der Waals surface area contributed by atoms with E-state index in [4.69, 9.17) is 5.73 Å². The first-order chi connectivity index (χ1) is 9.63. The Hall–Kier alpha value is -2.63. The number of carbonyl (C=O) groups excluding carboxylic acids is 1. The van der Waals surface area contributed by atoms with Gasteiger partial charge in [0.05, 0.1) is 23.8 Å². The number of aromatic nitrogens is 3. The maximum atomic E-state index is 14.5. The van der Waals surface area contributed by atoms with Crippen LogP contribution in [0.2, 0.25) is 0 Å². The molecule has 3 aromatic rings. The van der Waals surface area contributed by atoms with Gasteiger partial charge in [-0.2, -0.15) is 0 Å². The lowest BCUT2D eigenvalue weighted by Gasteiger charge is -2.05. The van der Waals surface area contributed by atoms with Gasteiger partial charge in [-0.1, -0.05) is 0 Å². The monoisotopic (exact) mass is 272 g/mol. The number of benzene rings is 1. The summed E-state index contributed by atoms with van der Waals surface area (Å²) in [6, 6.07) is 3.03. The van der Waals surface area contributed by atoms with Crippen molar-refractivity contribution in [3.63, 3.8) is 0 Å². The van der Waals surface area contributed by atoms with Gasteiger partial charge in [-0.25, -0.2) is 9.37 Å². The fourth-order valence-corrected chi connectivity index (χ4v) is 2.37. The standard InChI is InChI=1S/C14H13FN4O/c1-2-19-7-17-6-11(19)9-5-18-10-4-3-8(14(16)20)13(15)12(9)10/h3-7,18H,2H2,1H3,(H2,16,20). The molecule has 0 radical (unpaired) electrons. The summed E-state index contributed by atoms with van der Waals surface area (Å²) >= 11 is 0. The first-order valence-electron chi connectivity index (χ1n) is 6.23. The number of nitrogens with zero attached hydrogens (tertiary/aromatic N) is 2. The zero-order chi connectivity index (χ0) is 14.3. The Kier molecular flexibility index (Phi) is 2.78. The highest BCUT2D eigenvalue weighted by atomic mass is 19.1. The Balaban J connectivity index is 2.32. The van der Waals surface area contributed by atoms with Crippen LogP contribution in [0.5, 0.6) is 0 Å². The molecule has 0 bridgehead atoms. The molecule has 0 aliphatic carbocycles. The maximum absolute atomic E-state index is 14.5. The van der Waals surface area contributed by atoms with E-state index in [1.165, 1.54) is 6.07 Å². The minimum atomic E-state index is -0.777. The fraction of sp³-hybridized carbons (Fsp3) is 0.143. The second-order valence-corrected chi connectivity index (χ2v) is 4.48. The number of aromatic amines is 1. The highest BCUT2D eigenvalue weighted by molar-refractivity contribution is 6.02. The predicted molar refractivity (Wildman–Crippen MR) is 73.7 cm³/mol. The number of aryl methyl sites for hydroxylation is 1. The molecule has 2 aromatic heterocycles. The smallest absolute Gasteiger partial charge is 0.251 e. The van der Waals surface area contributed by atoms with Crippen molar-refractivity contribution in [3.8, 4) is 11.3 Å². The van der Waals surface area contributed by atoms with Gasteiger partial charge in [0.15, 0.2) is 0 Å². The second-order valence-electron chi connectivity index (χ2n) is 4.48. The molecule has 6 heteroatoms. The highest BCUT2D eigenvalue weighted by Crippen LogP contribution is 2.31. The third-order valence-electron chi connectivity index (χ3n) is 3.38. The molecule has 1 aromatic carbocycles. The molecule has 3 N–H and O–H groups in total. The third-order valence-corrected chi connectivity index (χ3v) is 3.38. The molecule has 0 spiro atoms. The lowest BCUT2D eigenvalue weighted by molar-refractivity contribution is 0.0997. The van der Waals surface area contributed by atoms with Crippen LogP contribution in [0, 0.1) is 5.82 Å². The van der Waals surface area contributed by atoms with E-state index in [1.54, 1.807) is 24.8 Å². The molecule has 0 unspecified atom stereocenters. The van der Waals surface area contributed by atoms with Crippen LogP contribution in [0.1, 0.15) is 17.3 Å². The van der Waals surface area contributed by atoms with Crippen LogP contribution in [0.3, 0.4) is 0 Å². The molecule has 2 heterocycles. The quantitative estimate of drug-likeness (QED) is 0.767. The van der Waals surface area contributed by atoms with E-state index >= 15 is 0 Å². The number of H-pyrrole nitrogens is 1.